The van der Waals surface area contributed by atoms with Crippen LogP contribution in [0.5, 0.6) is 0 Å². The van der Waals surface area contributed by atoms with Crippen LogP contribution in [0, 0.1) is 0 Å². The first-order chi connectivity index (χ1) is 10.7. The summed E-state index contributed by atoms with van der Waals surface area (Å²) < 4.78 is 0.918. The predicted molar refractivity (Wildman–Crippen MR) is 94.8 cm³/mol. The van der Waals surface area contributed by atoms with E-state index in [9.17, 15) is 10.0 Å². The highest BCUT2D eigenvalue weighted by Gasteiger charge is 2.20. The Kier molecular flexibility index (Phi) is 4.43. The van der Waals surface area contributed by atoms with E-state index in [0.717, 1.165) is 26.7 Å². The van der Waals surface area contributed by atoms with Crippen LogP contribution in [0.3, 0.4) is 0 Å². The highest BCUT2D eigenvalue weighted by Crippen LogP contribution is 2.31. The van der Waals surface area contributed by atoms with Crippen LogP contribution >= 0.6 is 15.9 Å². The third-order valence-electron chi connectivity index (χ3n) is 3.59. The summed E-state index contributed by atoms with van der Waals surface area (Å²) >= 11 is 3.60. The summed E-state index contributed by atoms with van der Waals surface area (Å²) in [6.07, 6.45) is 0. The molecule has 3 rings (SSSR count). The summed E-state index contributed by atoms with van der Waals surface area (Å²) in [7, 11) is -1.52. The maximum absolute atomic E-state index is 9.77. The van der Waals surface area contributed by atoms with Gasteiger partial charge < -0.3 is 10.0 Å². The quantitative estimate of drug-likeness (QED) is 0.708. The topological polar surface area (TPSA) is 40.5 Å². The Bertz CT molecular complexity index is 774. The van der Waals surface area contributed by atoms with E-state index in [0.29, 0.717) is 5.46 Å². The van der Waals surface area contributed by atoms with Gasteiger partial charge in [-0.15, -0.1) is 0 Å². The van der Waals surface area contributed by atoms with E-state index in [1.165, 1.54) is 0 Å². The van der Waals surface area contributed by atoms with E-state index in [-0.39, 0.29) is 0 Å². The Morgan fingerprint density at radius 3 is 1.68 bits per heavy atom. The summed E-state index contributed by atoms with van der Waals surface area (Å²) in [4.78, 5) is 0. The lowest BCUT2D eigenvalue weighted by Crippen LogP contribution is -2.31. The summed E-state index contributed by atoms with van der Waals surface area (Å²) in [5, 5.41) is 19.5. The standard InChI is InChI=1S/C18H14BBrO2/c20-18-12-15(13-7-3-1-4-8-13)17(19(21)22)11-16(18)14-9-5-2-6-10-14/h1-12,21-22H. The van der Waals surface area contributed by atoms with Crippen molar-refractivity contribution in [3.8, 4) is 22.3 Å². The molecule has 22 heavy (non-hydrogen) atoms. The van der Waals surface area contributed by atoms with E-state index < -0.39 is 7.12 Å². The molecule has 0 radical (unpaired) electrons. The van der Waals surface area contributed by atoms with Gasteiger partial charge in [0.15, 0.2) is 0 Å². The van der Waals surface area contributed by atoms with E-state index in [2.05, 4.69) is 15.9 Å². The first-order valence-corrected chi connectivity index (χ1v) is 7.76. The van der Waals surface area contributed by atoms with Crippen molar-refractivity contribution >= 4 is 28.5 Å². The second-order valence-corrected chi connectivity index (χ2v) is 5.88. The van der Waals surface area contributed by atoms with Gasteiger partial charge in [0.05, 0.1) is 0 Å². The van der Waals surface area contributed by atoms with Crippen molar-refractivity contribution in [1.82, 2.24) is 0 Å². The Hall–Kier alpha value is -1.88. The zero-order valence-electron chi connectivity index (χ0n) is 11.8. The second kappa shape index (κ2) is 6.49. The molecule has 3 aromatic carbocycles. The van der Waals surface area contributed by atoms with Crippen molar-refractivity contribution in [2.75, 3.05) is 0 Å². The van der Waals surface area contributed by atoms with Crippen LogP contribution in [0.1, 0.15) is 0 Å². The monoisotopic (exact) mass is 352 g/mol. The molecule has 4 heteroatoms. The van der Waals surface area contributed by atoms with Crippen LogP contribution in [0.15, 0.2) is 77.3 Å². The Balaban J connectivity index is 2.20. The van der Waals surface area contributed by atoms with Crippen LogP contribution < -0.4 is 5.46 Å². The van der Waals surface area contributed by atoms with Gasteiger partial charge in [-0.25, -0.2) is 0 Å². The minimum Gasteiger partial charge on any atom is -0.423 e. The number of halogens is 1. The first kappa shape index (κ1) is 15.0. The van der Waals surface area contributed by atoms with Gasteiger partial charge in [0.25, 0.3) is 0 Å². The Morgan fingerprint density at radius 1 is 0.682 bits per heavy atom. The minimum absolute atomic E-state index is 0.494. The average molecular weight is 353 g/mol. The van der Waals surface area contributed by atoms with E-state index >= 15 is 0 Å². The highest BCUT2D eigenvalue weighted by molar-refractivity contribution is 9.10. The van der Waals surface area contributed by atoms with Gasteiger partial charge >= 0.3 is 7.12 Å². The van der Waals surface area contributed by atoms with Gasteiger partial charge in [-0.3, -0.25) is 0 Å². The Morgan fingerprint density at radius 2 is 1.18 bits per heavy atom. The van der Waals surface area contributed by atoms with Gasteiger partial charge in [0.1, 0.15) is 0 Å². The summed E-state index contributed by atoms with van der Waals surface area (Å²) in [5.74, 6) is 0. The summed E-state index contributed by atoms with van der Waals surface area (Å²) in [6, 6.07) is 23.3. The molecule has 0 saturated carbocycles. The fourth-order valence-corrected chi connectivity index (χ4v) is 3.08. The minimum atomic E-state index is -1.52. The fourth-order valence-electron chi connectivity index (χ4n) is 2.51. The van der Waals surface area contributed by atoms with Crippen molar-refractivity contribution in [2.45, 2.75) is 0 Å². The molecule has 0 saturated heterocycles. The molecule has 0 aliphatic carbocycles. The van der Waals surface area contributed by atoms with Crippen LogP contribution in [-0.2, 0) is 0 Å². The molecular weight excluding hydrogens is 339 g/mol. The van der Waals surface area contributed by atoms with Gasteiger partial charge in [0, 0.05) is 4.47 Å². The third kappa shape index (κ3) is 3.00. The lowest BCUT2D eigenvalue weighted by molar-refractivity contribution is 0.426. The maximum Gasteiger partial charge on any atom is 0.489 e. The molecule has 0 spiro atoms. The maximum atomic E-state index is 9.77. The number of hydrogen-bond donors (Lipinski definition) is 2. The number of benzene rings is 3. The molecule has 0 fully saturated rings. The first-order valence-electron chi connectivity index (χ1n) is 6.97. The van der Waals surface area contributed by atoms with Gasteiger partial charge in [-0.1, -0.05) is 82.7 Å². The zero-order valence-corrected chi connectivity index (χ0v) is 13.4. The molecule has 0 aliphatic heterocycles. The predicted octanol–water partition coefficient (Wildman–Crippen LogP) is 3.46. The molecule has 2 nitrogen and oxygen atoms in total. The molecule has 0 aromatic heterocycles. The van der Waals surface area contributed by atoms with Crippen LogP contribution in [0.25, 0.3) is 22.3 Å². The Labute approximate surface area is 138 Å². The normalized spacial score (nSPS) is 10.5. The molecule has 108 valence electrons. The highest BCUT2D eigenvalue weighted by atomic mass is 79.9. The van der Waals surface area contributed by atoms with Gasteiger partial charge in [-0.05, 0) is 33.8 Å². The molecule has 0 amide bonds. The van der Waals surface area contributed by atoms with Crippen molar-refractivity contribution < 1.29 is 10.0 Å². The van der Waals surface area contributed by atoms with Gasteiger partial charge in [-0.2, -0.15) is 0 Å². The molecule has 0 atom stereocenters. The van der Waals surface area contributed by atoms with Crippen LogP contribution in [0.2, 0.25) is 0 Å². The van der Waals surface area contributed by atoms with Crippen molar-refractivity contribution in [3.63, 3.8) is 0 Å². The third-order valence-corrected chi connectivity index (χ3v) is 4.24. The lowest BCUT2D eigenvalue weighted by atomic mass is 9.74. The van der Waals surface area contributed by atoms with Crippen molar-refractivity contribution in [2.24, 2.45) is 0 Å². The molecule has 0 heterocycles. The molecule has 3 aromatic rings. The molecule has 0 unspecified atom stereocenters. The zero-order chi connectivity index (χ0) is 15.5. The second-order valence-electron chi connectivity index (χ2n) is 5.03. The van der Waals surface area contributed by atoms with E-state index in [1.54, 1.807) is 0 Å². The lowest BCUT2D eigenvalue weighted by Gasteiger charge is -2.14. The van der Waals surface area contributed by atoms with E-state index in [4.69, 9.17) is 0 Å². The summed E-state index contributed by atoms with van der Waals surface area (Å²) in [6.45, 7) is 0. The van der Waals surface area contributed by atoms with Gasteiger partial charge in [0.2, 0.25) is 0 Å². The molecule has 0 bridgehead atoms. The van der Waals surface area contributed by atoms with Crippen LogP contribution in [-0.4, -0.2) is 17.2 Å². The molecular formula is C18H14BBrO2. The molecule has 0 aliphatic rings. The fraction of sp³-hybridized carbons (Fsp3) is 0. The van der Waals surface area contributed by atoms with Crippen molar-refractivity contribution in [3.05, 3.63) is 77.3 Å². The number of rotatable bonds is 3. The SMILES string of the molecule is OB(O)c1cc(-c2ccccc2)c(Br)cc1-c1ccccc1. The van der Waals surface area contributed by atoms with E-state index in [1.807, 2.05) is 72.8 Å². The largest absolute Gasteiger partial charge is 0.489 e. The smallest absolute Gasteiger partial charge is 0.423 e. The van der Waals surface area contributed by atoms with Crippen molar-refractivity contribution in [1.29, 1.82) is 0 Å². The summed E-state index contributed by atoms with van der Waals surface area (Å²) in [5.41, 5.74) is 4.21. The average Bonchev–Trinajstić information content (AvgIpc) is 2.56. The van der Waals surface area contributed by atoms with Crippen LogP contribution in [0.4, 0.5) is 0 Å². The molecule has 2 N–H and O–H groups in total. The number of hydrogen-bond acceptors (Lipinski definition) is 2.